The quantitative estimate of drug-likeness (QED) is 0.454. The average molecular weight is 394 g/mol. The van der Waals surface area contributed by atoms with Gasteiger partial charge in [0.25, 0.3) is 5.89 Å². The number of fused-ring (bicyclic) bond motifs is 1. The van der Waals surface area contributed by atoms with Crippen LogP contribution in [0.15, 0.2) is 56.2 Å². The van der Waals surface area contributed by atoms with Crippen LogP contribution in [0.5, 0.6) is 17.2 Å². The van der Waals surface area contributed by atoms with Crippen molar-refractivity contribution in [3.05, 3.63) is 52.9 Å². The molecule has 29 heavy (non-hydrogen) atoms. The Labute approximate surface area is 165 Å². The van der Waals surface area contributed by atoms with Crippen LogP contribution in [0.1, 0.15) is 6.92 Å². The number of nitrogens with zero attached hydrogens (tertiary/aromatic N) is 2. The number of para-hydroxylation sites is 2. The van der Waals surface area contributed by atoms with E-state index in [0.29, 0.717) is 40.4 Å². The highest BCUT2D eigenvalue weighted by molar-refractivity contribution is 5.85. The van der Waals surface area contributed by atoms with Gasteiger partial charge in [-0.05, 0) is 31.2 Å². The van der Waals surface area contributed by atoms with Crippen LogP contribution in [0.25, 0.3) is 33.8 Å². The van der Waals surface area contributed by atoms with E-state index in [4.69, 9.17) is 23.2 Å². The molecule has 0 aliphatic rings. The molecule has 0 amide bonds. The maximum absolute atomic E-state index is 12.6. The number of benzene rings is 2. The van der Waals surface area contributed by atoms with E-state index in [1.165, 1.54) is 7.11 Å². The lowest BCUT2D eigenvalue weighted by Crippen LogP contribution is -2.04. The maximum atomic E-state index is 12.6. The number of rotatable bonds is 6. The van der Waals surface area contributed by atoms with Crippen molar-refractivity contribution in [3.63, 3.8) is 0 Å². The predicted molar refractivity (Wildman–Crippen MR) is 105 cm³/mol. The monoisotopic (exact) mass is 394 g/mol. The van der Waals surface area contributed by atoms with E-state index in [2.05, 4.69) is 10.1 Å². The van der Waals surface area contributed by atoms with E-state index in [-0.39, 0.29) is 17.3 Å². The minimum absolute atomic E-state index is 0.0438. The summed E-state index contributed by atoms with van der Waals surface area (Å²) >= 11 is 0. The highest BCUT2D eigenvalue weighted by Crippen LogP contribution is 2.37. The number of ether oxygens (including phenoxy) is 3. The van der Waals surface area contributed by atoms with Gasteiger partial charge in [-0.25, -0.2) is 4.79 Å². The highest BCUT2D eigenvalue weighted by Gasteiger charge is 2.20. The summed E-state index contributed by atoms with van der Waals surface area (Å²) in [6.45, 7) is 2.32. The van der Waals surface area contributed by atoms with Gasteiger partial charge in [0.05, 0.1) is 26.4 Å². The zero-order valence-electron chi connectivity index (χ0n) is 16.1. The van der Waals surface area contributed by atoms with Gasteiger partial charge in [0.2, 0.25) is 5.82 Å². The van der Waals surface area contributed by atoms with Crippen LogP contribution in [0.4, 0.5) is 0 Å². The zero-order valence-corrected chi connectivity index (χ0v) is 16.1. The lowest BCUT2D eigenvalue weighted by molar-refractivity contribution is 0.337. The van der Waals surface area contributed by atoms with Crippen LogP contribution in [-0.2, 0) is 0 Å². The van der Waals surface area contributed by atoms with Crippen LogP contribution < -0.4 is 19.8 Å². The molecule has 2 heterocycles. The Bertz CT molecular complexity index is 1230. The summed E-state index contributed by atoms with van der Waals surface area (Å²) in [6, 6.07) is 12.3. The van der Waals surface area contributed by atoms with Gasteiger partial charge in [-0.3, -0.25) is 0 Å². The average Bonchev–Trinajstić information content (AvgIpc) is 3.23. The van der Waals surface area contributed by atoms with Gasteiger partial charge in [-0.15, -0.1) is 0 Å². The maximum Gasteiger partial charge on any atom is 0.349 e. The molecule has 0 bridgehead atoms. The van der Waals surface area contributed by atoms with E-state index >= 15 is 0 Å². The summed E-state index contributed by atoms with van der Waals surface area (Å²) in [5, 5.41) is 4.67. The lowest BCUT2D eigenvalue weighted by atomic mass is 10.1. The standard InChI is InChI=1S/C21H18N2O6/c1-4-27-16-10-5-7-12-11-14(21(24)28-17(12)16)20-22-19(23-29-20)13-8-6-9-15(25-2)18(13)26-3/h5-11H,4H2,1-3H3. The SMILES string of the molecule is CCOc1cccc2cc(-c3nc(-c4cccc(OC)c4OC)no3)c(=O)oc12. The number of hydrogen-bond acceptors (Lipinski definition) is 8. The Kier molecular flexibility index (Phi) is 4.90. The molecule has 148 valence electrons. The molecule has 0 N–H and O–H groups in total. The Morgan fingerprint density at radius 3 is 2.55 bits per heavy atom. The molecule has 0 radical (unpaired) electrons. The van der Waals surface area contributed by atoms with Crippen molar-refractivity contribution >= 4 is 11.0 Å². The molecule has 2 aromatic carbocycles. The van der Waals surface area contributed by atoms with Crippen molar-refractivity contribution < 1.29 is 23.2 Å². The normalized spacial score (nSPS) is 10.9. The van der Waals surface area contributed by atoms with Crippen LogP contribution in [0.3, 0.4) is 0 Å². The van der Waals surface area contributed by atoms with Crippen LogP contribution >= 0.6 is 0 Å². The number of methoxy groups -OCH3 is 2. The molecule has 0 fully saturated rings. The predicted octanol–water partition coefficient (Wildman–Crippen LogP) is 3.93. The third kappa shape index (κ3) is 3.29. The van der Waals surface area contributed by atoms with Crippen molar-refractivity contribution in [1.82, 2.24) is 10.1 Å². The van der Waals surface area contributed by atoms with E-state index in [0.717, 1.165) is 0 Å². The largest absolute Gasteiger partial charge is 0.493 e. The molecule has 2 aromatic heterocycles. The van der Waals surface area contributed by atoms with E-state index in [9.17, 15) is 4.79 Å². The first-order valence-corrected chi connectivity index (χ1v) is 8.91. The lowest BCUT2D eigenvalue weighted by Gasteiger charge is -2.09. The smallest absolute Gasteiger partial charge is 0.349 e. The Morgan fingerprint density at radius 2 is 1.79 bits per heavy atom. The fraction of sp³-hybridized carbons (Fsp3) is 0.190. The molecular formula is C21H18N2O6. The van der Waals surface area contributed by atoms with Crippen molar-refractivity contribution in [2.75, 3.05) is 20.8 Å². The van der Waals surface area contributed by atoms with Crippen molar-refractivity contribution in [1.29, 1.82) is 0 Å². The Balaban J connectivity index is 1.80. The molecule has 8 heteroatoms. The minimum atomic E-state index is -0.600. The highest BCUT2D eigenvalue weighted by atomic mass is 16.5. The molecule has 0 atom stereocenters. The molecular weight excluding hydrogens is 376 g/mol. The first kappa shape index (κ1) is 18.5. The molecule has 4 rings (SSSR count). The third-order valence-corrected chi connectivity index (χ3v) is 4.32. The topological polar surface area (TPSA) is 96.8 Å². The van der Waals surface area contributed by atoms with Crippen LogP contribution in [0, 0.1) is 0 Å². The summed E-state index contributed by atoms with van der Waals surface area (Å²) in [5.41, 5.74) is 0.507. The van der Waals surface area contributed by atoms with E-state index < -0.39 is 5.63 Å². The summed E-state index contributed by atoms with van der Waals surface area (Å²) < 4.78 is 27.0. The van der Waals surface area contributed by atoms with Gasteiger partial charge in [0.15, 0.2) is 22.8 Å². The second kappa shape index (κ2) is 7.67. The Hall–Kier alpha value is -3.81. The van der Waals surface area contributed by atoms with Gasteiger partial charge in [0.1, 0.15) is 5.56 Å². The molecule has 0 aliphatic carbocycles. The van der Waals surface area contributed by atoms with E-state index in [1.54, 1.807) is 37.4 Å². The number of aromatic nitrogens is 2. The Morgan fingerprint density at radius 1 is 1.00 bits per heavy atom. The van der Waals surface area contributed by atoms with Crippen LogP contribution in [-0.4, -0.2) is 31.0 Å². The fourth-order valence-corrected chi connectivity index (χ4v) is 3.04. The molecule has 0 saturated carbocycles. The minimum Gasteiger partial charge on any atom is -0.493 e. The first-order chi connectivity index (χ1) is 14.2. The summed E-state index contributed by atoms with van der Waals surface area (Å²) in [7, 11) is 3.07. The molecule has 0 saturated heterocycles. The summed E-state index contributed by atoms with van der Waals surface area (Å²) in [6.07, 6.45) is 0. The van der Waals surface area contributed by atoms with E-state index in [1.807, 2.05) is 19.1 Å². The first-order valence-electron chi connectivity index (χ1n) is 8.91. The fourth-order valence-electron chi connectivity index (χ4n) is 3.04. The van der Waals surface area contributed by atoms with Crippen LogP contribution in [0.2, 0.25) is 0 Å². The van der Waals surface area contributed by atoms with Crippen molar-refractivity contribution in [2.24, 2.45) is 0 Å². The third-order valence-electron chi connectivity index (χ3n) is 4.32. The summed E-state index contributed by atoms with van der Waals surface area (Å²) in [5.74, 6) is 1.81. The van der Waals surface area contributed by atoms with Gasteiger partial charge in [-0.1, -0.05) is 23.4 Å². The van der Waals surface area contributed by atoms with Gasteiger partial charge < -0.3 is 23.2 Å². The number of hydrogen-bond donors (Lipinski definition) is 0. The molecule has 0 unspecified atom stereocenters. The molecule has 0 aliphatic heterocycles. The van der Waals surface area contributed by atoms with Gasteiger partial charge in [0, 0.05) is 5.39 Å². The summed E-state index contributed by atoms with van der Waals surface area (Å²) in [4.78, 5) is 16.9. The molecule has 4 aromatic rings. The van der Waals surface area contributed by atoms with Gasteiger partial charge in [-0.2, -0.15) is 4.98 Å². The second-order valence-corrected chi connectivity index (χ2v) is 6.02. The van der Waals surface area contributed by atoms with Crippen molar-refractivity contribution in [2.45, 2.75) is 6.92 Å². The van der Waals surface area contributed by atoms with Crippen molar-refractivity contribution in [3.8, 4) is 40.1 Å². The molecule has 8 nitrogen and oxygen atoms in total. The molecule has 0 spiro atoms. The zero-order chi connectivity index (χ0) is 20.4. The van der Waals surface area contributed by atoms with Gasteiger partial charge >= 0.3 is 5.63 Å². The second-order valence-electron chi connectivity index (χ2n) is 6.02.